The van der Waals surface area contributed by atoms with Gasteiger partial charge < -0.3 is 4.74 Å². The Morgan fingerprint density at radius 2 is 2.05 bits per heavy atom. The highest BCUT2D eigenvalue weighted by molar-refractivity contribution is 5.83. The predicted octanol–water partition coefficient (Wildman–Crippen LogP) is 4.13. The van der Waals surface area contributed by atoms with Crippen molar-refractivity contribution in [3.63, 3.8) is 0 Å². The second-order valence-corrected chi connectivity index (χ2v) is 4.71. The smallest absolute Gasteiger partial charge is 0.330 e. The monoisotopic (exact) mass is 256 g/mol. The molecule has 0 aliphatic heterocycles. The van der Waals surface area contributed by atoms with Gasteiger partial charge in [0, 0.05) is 6.08 Å². The molecule has 0 aromatic heterocycles. The van der Waals surface area contributed by atoms with Crippen LogP contribution in [-0.4, -0.2) is 12.6 Å². The van der Waals surface area contributed by atoms with Gasteiger partial charge in [-0.15, -0.1) is 0 Å². The molecule has 1 aliphatic rings. The average Bonchev–Trinajstić information content (AvgIpc) is 2.66. The number of carbonyl (C=O) groups is 1. The minimum atomic E-state index is -0.214. The molecule has 100 valence electrons. The number of benzene rings is 1. The zero-order valence-electron chi connectivity index (χ0n) is 11.4. The summed E-state index contributed by atoms with van der Waals surface area (Å²) in [5.74, 6) is -0.214. The maximum atomic E-state index is 11.5. The fourth-order valence-electron chi connectivity index (χ4n) is 2.36. The molecule has 2 nitrogen and oxygen atoms in total. The van der Waals surface area contributed by atoms with E-state index in [1.807, 2.05) is 13.0 Å². The fraction of sp³-hybridized carbons (Fsp3) is 0.353. The van der Waals surface area contributed by atoms with E-state index >= 15 is 0 Å². The normalized spacial score (nSPS) is 17.7. The van der Waals surface area contributed by atoms with Crippen molar-refractivity contribution in [1.82, 2.24) is 0 Å². The van der Waals surface area contributed by atoms with Crippen molar-refractivity contribution in [3.8, 4) is 0 Å². The average molecular weight is 256 g/mol. The molecule has 2 rings (SSSR count). The van der Waals surface area contributed by atoms with Gasteiger partial charge in [0.1, 0.15) is 0 Å². The van der Waals surface area contributed by atoms with Crippen LogP contribution in [0.3, 0.4) is 0 Å². The van der Waals surface area contributed by atoms with Crippen LogP contribution in [0.1, 0.15) is 38.2 Å². The molecule has 1 aliphatic carbocycles. The van der Waals surface area contributed by atoms with Crippen LogP contribution in [0, 0.1) is 0 Å². The first kappa shape index (κ1) is 13.6. The Morgan fingerprint density at radius 1 is 1.26 bits per heavy atom. The molecule has 0 saturated carbocycles. The summed E-state index contributed by atoms with van der Waals surface area (Å²) >= 11 is 0. The zero-order valence-corrected chi connectivity index (χ0v) is 11.4. The molecule has 1 aromatic rings. The summed E-state index contributed by atoms with van der Waals surface area (Å²) < 4.78 is 4.96. The first-order valence-electron chi connectivity index (χ1n) is 6.90. The van der Waals surface area contributed by atoms with E-state index in [-0.39, 0.29) is 5.97 Å². The third-order valence-electron chi connectivity index (χ3n) is 3.31. The summed E-state index contributed by atoms with van der Waals surface area (Å²) in [6, 6.07) is 10.5. The van der Waals surface area contributed by atoms with Crippen molar-refractivity contribution in [1.29, 1.82) is 0 Å². The third-order valence-corrected chi connectivity index (χ3v) is 3.31. The number of carbonyl (C=O) groups excluding carboxylic acids is 1. The minimum Gasteiger partial charge on any atom is -0.463 e. The molecular weight excluding hydrogens is 236 g/mol. The van der Waals surface area contributed by atoms with E-state index in [4.69, 9.17) is 4.74 Å². The van der Waals surface area contributed by atoms with E-state index in [1.54, 1.807) is 6.08 Å². The Morgan fingerprint density at radius 3 is 2.79 bits per heavy atom. The van der Waals surface area contributed by atoms with E-state index in [0.29, 0.717) is 6.61 Å². The molecule has 19 heavy (non-hydrogen) atoms. The fourth-order valence-corrected chi connectivity index (χ4v) is 2.36. The van der Waals surface area contributed by atoms with Gasteiger partial charge >= 0.3 is 5.97 Å². The highest BCUT2D eigenvalue weighted by atomic mass is 16.5. The highest BCUT2D eigenvalue weighted by Gasteiger charge is 2.09. The number of hydrogen-bond donors (Lipinski definition) is 0. The first-order valence-corrected chi connectivity index (χ1v) is 6.90. The van der Waals surface area contributed by atoms with Crippen molar-refractivity contribution in [2.75, 3.05) is 6.61 Å². The maximum Gasteiger partial charge on any atom is 0.330 e. The summed E-state index contributed by atoms with van der Waals surface area (Å²) in [7, 11) is 0. The quantitative estimate of drug-likeness (QED) is 0.600. The van der Waals surface area contributed by atoms with E-state index in [0.717, 1.165) is 25.7 Å². The van der Waals surface area contributed by atoms with E-state index in [2.05, 4.69) is 30.3 Å². The molecule has 0 N–H and O–H groups in total. The molecule has 1 aromatic carbocycles. The number of rotatable bonds is 3. The van der Waals surface area contributed by atoms with Crippen molar-refractivity contribution in [2.45, 2.75) is 32.6 Å². The van der Waals surface area contributed by atoms with Crippen molar-refractivity contribution >= 4 is 11.5 Å². The van der Waals surface area contributed by atoms with E-state index in [1.165, 1.54) is 16.7 Å². The molecule has 0 fully saturated rings. The number of ether oxygens (including phenoxy) is 1. The summed E-state index contributed by atoms with van der Waals surface area (Å²) in [5, 5.41) is 0. The second-order valence-electron chi connectivity index (χ2n) is 4.71. The lowest BCUT2D eigenvalue weighted by molar-refractivity contribution is -0.137. The van der Waals surface area contributed by atoms with Gasteiger partial charge in [0.05, 0.1) is 6.61 Å². The second kappa shape index (κ2) is 6.93. The Labute approximate surface area is 114 Å². The van der Waals surface area contributed by atoms with Gasteiger partial charge in [-0.1, -0.05) is 42.0 Å². The first-order chi connectivity index (χ1) is 9.29. The molecule has 0 amide bonds. The van der Waals surface area contributed by atoms with Gasteiger partial charge in [0.25, 0.3) is 0 Å². The Kier molecular flexibility index (Phi) is 4.96. The van der Waals surface area contributed by atoms with Crippen molar-refractivity contribution in [3.05, 3.63) is 53.6 Å². The molecule has 0 atom stereocenters. The molecule has 0 spiro atoms. The maximum absolute atomic E-state index is 11.5. The summed E-state index contributed by atoms with van der Waals surface area (Å²) in [6.07, 6.45) is 7.90. The van der Waals surface area contributed by atoms with Gasteiger partial charge in [0.2, 0.25) is 0 Å². The van der Waals surface area contributed by atoms with Crippen LogP contribution in [-0.2, 0) is 9.53 Å². The van der Waals surface area contributed by atoms with Gasteiger partial charge in [-0.3, -0.25) is 0 Å². The molecule has 0 unspecified atom stereocenters. The number of allylic oxidation sites excluding steroid dienone is 3. The topological polar surface area (TPSA) is 26.3 Å². The zero-order chi connectivity index (χ0) is 13.5. The molecule has 0 bridgehead atoms. The van der Waals surface area contributed by atoms with E-state index in [9.17, 15) is 4.79 Å². The number of esters is 1. The van der Waals surface area contributed by atoms with Crippen LogP contribution in [0.25, 0.3) is 5.57 Å². The molecule has 2 heteroatoms. The Hall–Kier alpha value is -1.83. The Balaban J connectivity index is 2.08. The third kappa shape index (κ3) is 4.09. The van der Waals surface area contributed by atoms with Gasteiger partial charge in [0.15, 0.2) is 0 Å². The minimum absolute atomic E-state index is 0.214. The van der Waals surface area contributed by atoms with Crippen LogP contribution in [0.5, 0.6) is 0 Å². The predicted molar refractivity (Wildman–Crippen MR) is 77.6 cm³/mol. The van der Waals surface area contributed by atoms with Crippen LogP contribution in [0.2, 0.25) is 0 Å². The summed E-state index contributed by atoms with van der Waals surface area (Å²) in [6.45, 7) is 2.27. The summed E-state index contributed by atoms with van der Waals surface area (Å²) in [4.78, 5) is 11.5. The van der Waals surface area contributed by atoms with Gasteiger partial charge in [-0.2, -0.15) is 0 Å². The molecule has 0 heterocycles. The van der Waals surface area contributed by atoms with Crippen LogP contribution in [0.4, 0.5) is 0 Å². The standard InChI is InChI=1S/C17H20O2/c1-2-19-17(18)13-14-7-6-10-16(12-11-14)15-8-4-3-5-9-15/h3-5,8-9,12-13H,2,6-7,10-11H2,1H3/b14-13-. The van der Waals surface area contributed by atoms with Crippen LogP contribution < -0.4 is 0 Å². The van der Waals surface area contributed by atoms with Crippen LogP contribution in [0.15, 0.2) is 48.1 Å². The largest absolute Gasteiger partial charge is 0.463 e. The van der Waals surface area contributed by atoms with E-state index < -0.39 is 0 Å². The van der Waals surface area contributed by atoms with Gasteiger partial charge in [-0.05, 0) is 43.7 Å². The Bertz CT molecular complexity index is 483. The number of hydrogen-bond acceptors (Lipinski definition) is 2. The van der Waals surface area contributed by atoms with Gasteiger partial charge in [-0.25, -0.2) is 4.79 Å². The molecule has 0 radical (unpaired) electrons. The lowest BCUT2D eigenvalue weighted by atomic mass is 10.0. The molecule has 0 saturated heterocycles. The van der Waals surface area contributed by atoms with Crippen LogP contribution >= 0.6 is 0 Å². The van der Waals surface area contributed by atoms with Crippen molar-refractivity contribution < 1.29 is 9.53 Å². The lowest BCUT2D eigenvalue weighted by Crippen LogP contribution is -2.00. The summed E-state index contributed by atoms with van der Waals surface area (Å²) in [5.41, 5.74) is 3.84. The lowest BCUT2D eigenvalue weighted by Gasteiger charge is -2.04. The highest BCUT2D eigenvalue weighted by Crippen LogP contribution is 2.28. The van der Waals surface area contributed by atoms with Crippen molar-refractivity contribution in [2.24, 2.45) is 0 Å². The SMILES string of the molecule is CCOC(=O)/C=C1\CC=C(c2ccccc2)CCC1. The molecular formula is C17H20O2.